The summed E-state index contributed by atoms with van der Waals surface area (Å²) >= 11 is 0. The van der Waals surface area contributed by atoms with Gasteiger partial charge in [0, 0.05) is 13.1 Å². The highest BCUT2D eigenvalue weighted by molar-refractivity contribution is 5.47. The summed E-state index contributed by atoms with van der Waals surface area (Å²) in [6, 6.07) is 5.50. The topological polar surface area (TPSA) is 87.6 Å². The van der Waals surface area contributed by atoms with E-state index in [-0.39, 0.29) is 18.8 Å². The Morgan fingerprint density at radius 2 is 1.90 bits per heavy atom. The van der Waals surface area contributed by atoms with Crippen LogP contribution in [0.15, 0.2) is 18.2 Å². The first-order valence-corrected chi connectivity index (χ1v) is 5.84. The third-order valence-electron chi connectivity index (χ3n) is 2.55. The van der Waals surface area contributed by atoms with Crippen LogP contribution in [-0.4, -0.2) is 35.9 Å². The van der Waals surface area contributed by atoms with Crippen molar-refractivity contribution in [3.8, 4) is 29.3 Å². The zero-order valence-electron chi connectivity index (χ0n) is 10.9. The second-order valence-electron chi connectivity index (χ2n) is 3.80. The first-order chi connectivity index (χ1) is 9.78. The van der Waals surface area contributed by atoms with E-state index in [1.54, 1.807) is 25.2 Å². The molecule has 8 heteroatoms. The van der Waals surface area contributed by atoms with Crippen LogP contribution in [0.3, 0.4) is 0 Å². The van der Waals surface area contributed by atoms with Gasteiger partial charge in [-0.05, 0) is 12.1 Å². The lowest BCUT2D eigenvalue weighted by Crippen LogP contribution is -2.03. The first-order valence-electron chi connectivity index (χ1n) is 5.84. The molecule has 0 saturated heterocycles. The molecule has 1 aromatic carbocycles. The fourth-order valence-electron chi connectivity index (χ4n) is 1.63. The van der Waals surface area contributed by atoms with E-state index in [4.69, 9.17) is 18.9 Å². The number of methoxy groups -OCH3 is 1. The van der Waals surface area contributed by atoms with Gasteiger partial charge >= 0.3 is 12.0 Å². The van der Waals surface area contributed by atoms with E-state index in [1.807, 2.05) is 0 Å². The lowest BCUT2D eigenvalue weighted by Gasteiger charge is -2.07. The van der Waals surface area contributed by atoms with Gasteiger partial charge < -0.3 is 24.3 Å². The Bertz CT molecular complexity index is 613. The second-order valence-corrected chi connectivity index (χ2v) is 3.80. The molecule has 1 N–H and O–H groups in total. The molecule has 0 amide bonds. The molecule has 20 heavy (non-hydrogen) atoms. The summed E-state index contributed by atoms with van der Waals surface area (Å²) in [4.78, 5) is 12.1. The molecule has 3 rings (SSSR count). The zero-order valence-corrected chi connectivity index (χ0v) is 10.9. The summed E-state index contributed by atoms with van der Waals surface area (Å²) in [5, 5.41) is 2.80. The van der Waals surface area contributed by atoms with Crippen LogP contribution in [0, 0.1) is 0 Å². The van der Waals surface area contributed by atoms with Gasteiger partial charge in [-0.2, -0.15) is 9.97 Å². The Kier molecular flexibility index (Phi) is 3.12. The Labute approximate surface area is 114 Å². The van der Waals surface area contributed by atoms with Crippen molar-refractivity contribution in [2.45, 2.75) is 0 Å². The van der Waals surface area contributed by atoms with E-state index in [2.05, 4.69) is 20.3 Å². The summed E-state index contributed by atoms with van der Waals surface area (Å²) in [6.45, 7) is 0.211. The molecule has 0 fully saturated rings. The quantitative estimate of drug-likeness (QED) is 0.897. The number of benzene rings is 1. The molecule has 0 atom stereocenters. The van der Waals surface area contributed by atoms with Crippen molar-refractivity contribution in [2.24, 2.45) is 0 Å². The molecule has 0 spiro atoms. The summed E-state index contributed by atoms with van der Waals surface area (Å²) in [6.07, 6.45) is 0. The first kappa shape index (κ1) is 12.3. The fraction of sp³-hybridized carbons (Fsp3) is 0.250. The third-order valence-corrected chi connectivity index (χ3v) is 2.55. The smallest absolute Gasteiger partial charge is 0.330 e. The molecule has 0 aliphatic carbocycles. The number of hydrogen-bond donors (Lipinski definition) is 1. The number of nitrogens with one attached hydrogen (secondary N) is 1. The number of rotatable bonds is 4. The van der Waals surface area contributed by atoms with Gasteiger partial charge in [-0.25, -0.2) is 0 Å². The average molecular weight is 276 g/mol. The molecular weight excluding hydrogens is 264 g/mol. The van der Waals surface area contributed by atoms with Gasteiger partial charge in [-0.1, -0.05) is 0 Å². The molecule has 0 radical (unpaired) electrons. The molecule has 0 unspecified atom stereocenters. The number of aromatic nitrogens is 3. The second kappa shape index (κ2) is 5.08. The van der Waals surface area contributed by atoms with Gasteiger partial charge in [0.2, 0.25) is 12.7 Å². The minimum absolute atomic E-state index is 0.125. The number of anilines is 1. The highest BCUT2D eigenvalue weighted by atomic mass is 16.7. The molecule has 2 aromatic rings. The maximum Gasteiger partial charge on any atom is 0.330 e. The molecule has 8 nitrogen and oxygen atoms in total. The maximum atomic E-state index is 5.57. The molecular formula is C12H12N4O4. The Morgan fingerprint density at radius 3 is 2.70 bits per heavy atom. The van der Waals surface area contributed by atoms with E-state index >= 15 is 0 Å². The van der Waals surface area contributed by atoms with E-state index in [0.29, 0.717) is 23.2 Å². The van der Waals surface area contributed by atoms with Crippen molar-refractivity contribution < 1.29 is 18.9 Å². The van der Waals surface area contributed by atoms with Crippen molar-refractivity contribution in [2.75, 3.05) is 26.3 Å². The van der Waals surface area contributed by atoms with Gasteiger partial charge in [0.1, 0.15) is 5.75 Å². The normalized spacial score (nSPS) is 12.1. The van der Waals surface area contributed by atoms with Gasteiger partial charge in [-0.15, -0.1) is 4.98 Å². The van der Waals surface area contributed by atoms with Crippen LogP contribution < -0.4 is 24.3 Å². The Hall–Kier alpha value is -2.77. The minimum Gasteiger partial charge on any atom is -0.467 e. The summed E-state index contributed by atoms with van der Waals surface area (Å²) in [5.41, 5.74) is 0. The van der Waals surface area contributed by atoms with Crippen molar-refractivity contribution in [1.29, 1.82) is 0 Å². The SMILES string of the molecule is CNc1nc(OC)nc(Oc2ccc3c(c2)OCO3)n1. The molecule has 0 bridgehead atoms. The van der Waals surface area contributed by atoms with Crippen LogP contribution in [0.1, 0.15) is 0 Å². The number of hydrogen-bond acceptors (Lipinski definition) is 8. The predicted molar refractivity (Wildman–Crippen MR) is 68.6 cm³/mol. The van der Waals surface area contributed by atoms with Gasteiger partial charge in [0.05, 0.1) is 7.11 Å². The average Bonchev–Trinajstić information content (AvgIpc) is 2.94. The number of nitrogens with zero attached hydrogens (tertiary/aromatic N) is 3. The van der Waals surface area contributed by atoms with E-state index in [9.17, 15) is 0 Å². The number of fused-ring (bicyclic) bond motifs is 1. The van der Waals surface area contributed by atoms with Crippen molar-refractivity contribution >= 4 is 5.95 Å². The van der Waals surface area contributed by atoms with Crippen LogP contribution in [0.25, 0.3) is 0 Å². The molecule has 104 valence electrons. The highest BCUT2D eigenvalue weighted by Gasteiger charge is 2.15. The Balaban J connectivity index is 1.87. The molecule has 1 aliphatic rings. The van der Waals surface area contributed by atoms with E-state index in [1.165, 1.54) is 7.11 Å². The van der Waals surface area contributed by atoms with Crippen molar-refractivity contribution in [1.82, 2.24) is 15.0 Å². The van der Waals surface area contributed by atoms with Gasteiger partial charge in [0.25, 0.3) is 0 Å². The molecule has 1 aliphatic heterocycles. The third kappa shape index (κ3) is 2.35. The standard InChI is InChI=1S/C12H12N4O4/c1-13-10-14-11(17-2)16-12(15-10)20-7-3-4-8-9(5-7)19-6-18-8/h3-5H,6H2,1-2H3,(H,13,14,15,16). The van der Waals surface area contributed by atoms with Crippen LogP contribution >= 0.6 is 0 Å². The molecule has 2 heterocycles. The summed E-state index contributed by atoms with van der Waals surface area (Å²) in [5.74, 6) is 2.19. The highest BCUT2D eigenvalue weighted by Crippen LogP contribution is 2.36. The van der Waals surface area contributed by atoms with Crippen LogP contribution in [0.5, 0.6) is 29.3 Å². The minimum atomic E-state index is 0.125. The number of ether oxygens (including phenoxy) is 4. The zero-order chi connectivity index (χ0) is 13.9. The van der Waals surface area contributed by atoms with Crippen molar-refractivity contribution in [3.05, 3.63) is 18.2 Å². The predicted octanol–water partition coefficient (Wildman–Crippen LogP) is 1.44. The van der Waals surface area contributed by atoms with E-state index in [0.717, 1.165) is 0 Å². The fourth-order valence-corrected chi connectivity index (χ4v) is 1.63. The Morgan fingerprint density at radius 1 is 1.10 bits per heavy atom. The van der Waals surface area contributed by atoms with Gasteiger partial charge in [0.15, 0.2) is 11.5 Å². The van der Waals surface area contributed by atoms with Crippen LogP contribution in [0.2, 0.25) is 0 Å². The lowest BCUT2D eigenvalue weighted by molar-refractivity contribution is 0.174. The summed E-state index contributed by atoms with van der Waals surface area (Å²) in [7, 11) is 3.16. The van der Waals surface area contributed by atoms with Crippen molar-refractivity contribution in [3.63, 3.8) is 0 Å². The van der Waals surface area contributed by atoms with E-state index < -0.39 is 0 Å². The largest absolute Gasteiger partial charge is 0.467 e. The molecule has 0 saturated carbocycles. The van der Waals surface area contributed by atoms with Crippen LogP contribution in [-0.2, 0) is 0 Å². The summed E-state index contributed by atoms with van der Waals surface area (Å²) < 4.78 is 21.1. The maximum absolute atomic E-state index is 5.57. The monoisotopic (exact) mass is 276 g/mol. The van der Waals surface area contributed by atoms with Gasteiger partial charge in [-0.3, -0.25) is 0 Å². The molecule has 1 aromatic heterocycles. The lowest BCUT2D eigenvalue weighted by atomic mass is 10.3. The van der Waals surface area contributed by atoms with Crippen LogP contribution in [0.4, 0.5) is 5.95 Å².